The van der Waals surface area contributed by atoms with Crippen LogP contribution in [0, 0.1) is 0 Å². The van der Waals surface area contributed by atoms with E-state index in [0.29, 0.717) is 31.1 Å². The van der Waals surface area contributed by atoms with Crippen LogP contribution in [0.15, 0.2) is 53.4 Å². The first kappa shape index (κ1) is 23.7. The third-order valence-electron chi connectivity index (χ3n) is 5.18. The molecule has 0 atom stereocenters. The van der Waals surface area contributed by atoms with E-state index in [4.69, 9.17) is 4.74 Å². The standard InChI is InChI=1S/C23H29N3O5S/c1-2-31-20-11-9-19(10-12-20)25-22(27)17-24-23(28)18-7-13-21(14-8-18)32(29,30)26-15-5-3-4-6-16-26/h7-14H,2-6,15-17H2,1H3,(H,24,28)(H,25,27). The third kappa shape index (κ3) is 6.30. The van der Waals surface area contributed by atoms with Crippen molar-refractivity contribution in [2.45, 2.75) is 37.5 Å². The largest absolute Gasteiger partial charge is 0.494 e. The second-order valence-electron chi connectivity index (χ2n) is 7.53. The molecule has 172 valence electrons. The lowest BCUT2D eigenvalue weighted by molar-refractivity contribution is -0.115. The van der Waals surface area contributed by atoms with Crippen molar-refractivity contribution in [1.29, 1.82) is 0 Å². The summed E-state index contributed by atoms with van der Waals surface area (Å²) in [5, 5.41) is 5.24. The van der Waals surface area contributed by atoms with Gasteiger partial charge >= 0.3 is 0 Å². The van der Waals surface area contributed by atoms with E-state index in [-0.39, 0.29) is 22.9 Å². The lowest BCUT2D eigenvalue weighted by Crippen LogP contribution is -2.33. The Morgan fingerprint density at radius 2 is 1.56 bits per heavy atom. The fourth-order valence-electron chi connectivity index (χ4n) is 3.48. The molecule has 0 aromatic heterocycles. The summed E-state index contributed by atoms with van der Waals surface area (Å²) in [6.07, 6.45) is 3.80. The number of nitrogens with one attached hydrogen (secondary N) is 2. The first-order valence-corrected chi connectivity index (χ1v) is 12.3. The van der Waals surface area contributed by atoms with E-state index in [1.54, 1.807) is 24.3 Å². The highest BCUT2D eigenvalue weighted by atomic mass is 32.2. The van der Waals surface area contributed by atoms with Crippen molar-refractivity contribution in [2.24, 2.45) is 0 Å². The number of carbonyl (C=O) groups is 2. The number of amides is 2. The molecule has 0 radical (unpaired) electrons. The maximum atomic E-state index is 12.8. The minimum Gasteiger partial charge on any atom is -0.494 e. The van der Waals surface area contributed by atoms with Crippen LogP contribution in [0.5, 0.6) is 5.75 Å². The van der Waals surface area contributed by atoms with Crippen LogP contribution in [0.3, 0.4) is 0 Å². The van der Waals surface area contributed by atoms with Gasteiger partial charge in [0.25, 0.3) is 5.91 Å². The molecule has 1 saturated heterocycles. The summed E-state index contributed by atoms with van der Waals surface area (Å²) in [5.41, 5.74) is 0.879. The van der Waals surface area contributed by atoms with Gasteiger partial charge in [-0.15, -0.1) is 0 Å². The number of benzene rings is 2. The molecule has 2 aromatic carbocycles. The SMILES string of the molecule is CCOc1ccc(NC(=O)CNC(=O)c2ccc(S(=O)(=O)N3CCCCCC3)cc2)cc1. The molecule has 8 nitrogen and oxygen atoms in total. The average Bonchev–Trinajstić information content (AvgIpc) is 3.09. The summed E-state index contributed by atoms with van der Waals surface area (Å²) in [6.45, 7) is 3.28. The number of hydrogen-bond acceptors (Lipinski definition) is 5. The van der Waals surface area contributed by atoms with Crippen molar-refractivity contribution < 1.29 is 22.7 Å². The fraction of sp³-hybridized carbons (Fsp3) is 0.391. The van der Waals surface area contributed by atoms with Crippen LogP contribution < -0.4 is 15.4 Å². The molecule has 0 saturated carbocycles. The molecule has 1 heterocycles. The Kier molecular flexibility index (Phi) is 8.24. The Hall–Kier alpha value is -2.91. The van der Waals surface area contributed by atoms with Gasteiger partial charge in [0.1, 0.15) is 5.75 Å². The molecule has 3 rings (SSSR count). The van der Waals surface area contributed by atoms with Crippen molar-refractivity contribution >= 4 is 27.5 Å². The number of ether oxygens (including phenoxy) is 1. The molecule has 1 aliphatic heterocycles. The van der Waals surface area contributed by atoms with E-state index >= 15 is 0 Å². The number of rotatable bonds is 8. The first-order chi connectivity index (χ1) is 15.4. The summed E-state index contributed by atoms with van der Waals surface area (Å²) < 4.78 is 32.5. The van der Waals surface area contributed by atoms with Gasteiger partial charge < -0.3 is 15.4 Å². The number of carbonyl (C=O) groups excluding carboxylic acids is 2. The topological polar surface area (TPSA) is 105 Å². The summed E-state index contributed by atoms with van der Waals surface area (Å²) in [6, 6.07) is 12.7. The molecule has 2 aromatic rings. The maximum Gasteiger partial charge on any atom is 0.251 e. The molecule has 0 aliphatic carbocycles. The van der Waals surface area contributed by atoms with E-state index in [2.05, 4.69) is 10.6 Å². The number of anilines is 1. The van der Waals surface area contributed by atoms with Gasteiger partial charge in [0.05, 0.1) is 18.0 Å². The van der Waals surface area contributed by atoms with Crippen LogP contribution in [0.25, 0.3) is 0 Å². The third-order valence-corrected chi connectivity index (χ3v) is 7.09. The van der Waals surface area contributed by atoms with E-state index in [1.165, 1.54) is 28.6 Å². The highest BCUT2D eigenvalue weighted by molar-refractivity contribution is 7.89. The van der Waals surface area contributed by atoms with Gasteiger partial charge in [0.2, 0.25) is 15.9 Å². The number of hydrogen-bond donors (Lipinski definition) is 2. The molecule has 32 heavy (non-hydrogen) atoms. The molecule has 9 heteroatoms. The summed E-state index contributed by atoms with van der Waals surface area (Å²) in [4.78, 5) is 24.6. The van der Waals surface area contributed by atoms with E-state index in [9.17, 15) is 18.0 Å². The second-order valence-corrected chi connectivity index (χ2v) is 9.47. The van der Waals surface area contributed by atoms with Gasteiger partial charge in [-0.1, -0.05) is 12.8 Å². The molecule has 0 spiro atoms. The van der Waals surface area contributed by atoms with Crippen molar-refractivity contribution in [3.8, 4) is 5.75 Å². The Bertz CT molecular complexity index is 1010. The lowest BCUT2D eigenvalue weighted by Gasteiger charge is -2.20. The Morgan fingerprint density at radius 3 is 2.16 bits per heavy atom. The second kappa shape index (κ2) is 11.1. The van der Waals surface area contributed by atoms with Gasteiger partial charge in [0, 0.05) is 24.3 Å². The van der Waals surface area contributed by atoms with Crippen LogP contribution >= 0.6 is 0 Å². The highest BCUT2D eigenvalue weighted by Gasteiger charge is 2.25. The van der Waals surface area contributed by atoms with Gasteiger partial charge in [-0.05, 0) is 68.3 Å². The molecule has 2 N–H and O–H groups in total. The van der Waals surface area contributed by atoms with Crippen LogP contribution in [0.1, 0.15) is 43.0 Å². The zero-order valence-electron chi connectivity index (χ0n) is 18.2. The zero-order valence-corrected chi connectivity index (χ0v) is 19.0. The van der Waals surface area contributed by atoms with Crippen LogP contribution in [-0.2, 0) is 14.8 Å². The molecule has 2 amide bonds. The molecule has 1 aliphatic rings. The molecular weight excluding hydrogens is 430 g/mol. The molecule has 0 unspecified atom stereocenters. The quantitative estimate of drug-likeness (QED) is 0.631. The smallest absolute Gasteiger partial charge is 0.251 e. The van der Waals surface area contributed by atoms with Crippen LogP contribution in [0.4, 0.5) is 5.69 Å². The monoisotopic (exact) mass is 459 g/mol. The first-order valence-electron chi connectivity index (χ1n) is 10.8. The fourth-order valence-corrected chi connectivity index (χ4v) is 5.00. The van der Waals surface area contributed by atoms with Crippen molar-refractivity contribution in [2.75, 3.05) is 31.6 Å². The maximum absolute atomic E-state index is 12.8. The Morgan fingerprint density at radius 1 is 0.938 bits per heavy atom. The molecule has 1 fully saturated rings. The van der Waals surface area contributed by atoms with E-state index in [1.807, 2.05) is 6.92 Å². The van der Waals surface area contributed by atoms with Gasteiger partial charge in [-0.3, -0.25) is 9.59 Å². The summed E-state index contributed by atoms with van der Waals surface area (Å²) >= 11 is 0. The minimum atomic E-state index is -3.57. The van der Waals surface area contributed by atoms with E-state index in [0.717, 1.165) is 25.7 Å². The van der Waals surface area contributed by atoms with Crippen LogP contribution in [0.2, 0.25) is 0 Å². The lowest BCUT2D eigenvalue weighted by atomic mass is 10.2. The van der Waals surface area contributed by atoms with Crippen molar-refractivity contribution in [3.63, 3.8) is 0 Å². The van der Waals surface area contributed by atoms with E-state index < -0.39 is 15.9 Å². The summed E-state index contributed by atoms with van der Waals surface area (Å²) in [5.74, 6) is -0.117. The van der Waals surface area contributed by atoms with Gasteiger partial charge in [0.15, 0.2) is 0 Å². The predicted molar refractivity (Wildman–Crippen MR) is 122 cm³/mol. The average molecular weight is 460 g/mol. The number of sulfonamides is 1. The minimum absolute atomic E-state index is 0.171. The normalized spacial score (nSPS) is 14.9. The molecule has 0 bridgehead atoms. The zero-order chi connectivity index (χ0) is 23.0. The van der Waals surface area contributed by atoms with Gasteiger partial charge in [-0.2, -0.15) is 4.31 Å². The highest BCUT2D eigenvalue weighted by Crippen LogP contribution is 2.21. The number of nitrogens with zero attached hydrogens (tertiary/aromatic N) is 1. The van der Waals surface area contributed by atoms with Crippen LogP contribution in [-0.4, -0.2) is 50.8 Å². The summed E-state index contributed by atoms with van der Waals surface area (Å²) in [7, 11) is -3.57. The van der Waals surface area contributed by atoms with Gasteiger partial charge in [-0.25, -0.2) is 8.42 Å². The van der Waals surface area contributed by atoms with Crippen molar-refractivity contribution in [3.05, 3.63) is 54.1 Å². The Balaban J connectivity index is 1.53. The molecular formula is C23H29N3O5S. The Labute approximate surface area is 189 Å². The van der Waals surface area contributed by atoms with Crippen molar-refractivity contribution in [1.82, 2.24) is 9.62 Å². The predicted octanol–water partition coefficient (Wildman–Crippen LogP) is 3.02.